The third kappa shape index (κ3) is 4.06. The van der Waals surface area contributed by atoms with Gasteiger partial charge in [0.25, 0.3) is 0 Å². The third-order valence-corrected chi connectivity index (χ3v) is 4.93. The van der Waals surface area contributed by atoms with Crippen molar-refractivity contribution in [1.29, 1.82) is 0 Å². The number of hydrogen-bond donors (Lipinski definition) is 2. The van der Waals surface area contributed by atoms with Crippen LogP contribution in [-0.4, -0.2) is 14.8 Å². The minimum Gasteiger partial charge on any atom is -0.493 e. The average molecular weight is 418 g/mol. The van der Waals surface area contributed by atoms with Gasteiger partial charge < -0.3 is 15.0 Å². The first-order valence-corrected chi connectivity index (χ1v) is 9.77. The van der Waals surface area contributed by atoms with Gasteiger partial charge in [-0.2, -0.15) is 0 Å². The lowest BCUT2D eigenvalue weighted by Gasteiger charge is -2.08. The Labute approximate surface area is 178 Å². The standard InChI is InChI=1S/C23H19FN4OS/c1-15-10-12-17(13-11-15)25-23(30)27-26-21-18-7-3-5-9-20(18)28(22(21)29)14-16-6-2-4-8-19(16)24/h2-13,29H,14H2,1H3,(H,25,30). The molecule has 0 atom stereocenters. The van der Waals surface area contributed by atoms with Crippen LogP contribution in [0.3, 0.4) is 0 Å². The van der Waals surface area contributed by atoms with Gasteiger partial charge in [0, 0.05) is 16.6 Å². The third-order valence-electron chi connectivity index (χ3n) is 4.75. The van der Waals surface area contributed by atoms with E-state index in [-0.39, 0.29) is 29.0 Å². The molecule has 5 nitrogen and oxygen atoms in total. The second kappa shape index (κ2) is 8.42. The summed E-state index contributed by atoms with van der Waals surface area (Å²) >= 11 is 5.25. The number of fused-ring (bicyclic) bond motifs is 1. The number of aromatic hydroxyl groups is 1. The van der Waals surface area contributed by atoms with Crippen LogP contribution in [0, 0.1) is 12.7 Å². The summed E-state index contributed by atoms with van der Waals surface area (Å²) in [6.45, 7) is 2.17. The number of benzene rings is 3. The van der Waals surface area contributed by atoms with E-state index in [1.165, 1.54) is 6.07 Å². The molecule has 4 rings (SSSR count). The zero-order chi connectivity index (χ0) is 21.1. The van der Waals surface area contributed by atoms with Gasteiger partial charge in [-0.15, -0.1) is 10.2 Å². The van der Waals surface area contributed by atoms with Crippen LogP contribution in [0.4, 0.5) is 15.8 Å². The summed E-state index contributed by atoms with van der Waals surface area (Å²) in [5, 5.41) is 22.9. The SMILES string of the molecule is Cc1ccc(NC(=S)N=Nc2c(O)n(Cc3ccccc3F)c3ccccc23)cc1. The molecule has 0 aliphatic carbocycles. The second-order valence-electron chi connectivity index (χ2n) is 6.86. The second-order valence-corrected chi connectivity index (χ2v) is 7.25. The maximum Gasteiger partial charge on any atom is 0.221 e. The highest BCUT2D eigenvalue weighted by molar-refractivity contribution is 7.80. The van der Waals surface area contributed by atoms with E-state index in [1.54, 1.807) is 22.8 Å². The van der Waals surface area contributed by atoms with Crippen molar-refractivity contribution in [3.8, 4) is 5.88 Å². The number of aromatic nitrogens is 1. The maximum absolute atomic E-state index is 14.1. The van der Waals surface area contributed by atoms with Crippen molar-refractivity contribution in [2.24, 2.45) is 10.2 Å². The van der Waals surface area contributed by atoms with Gasteiger partial charge in [0.05, 0.1) is 12.1 Å². The molecule has 1 aromatic heterocycles. The van der Waals surface area contributed by atoms with Crippen LogP contribution in [0.2, 0.25) is 0 Å². The van der Waals surface area contributed by atoms with Gasteiger partial charge in [-0.25, -0.2) is 4.39 Å². The summed E-state index contributed by atoms with van der Waals surface area (Å²) in [6, 6.07) is 21.6. The number of nitrogens with zero attached hydrogens (tertiary/aromatic N) is 3. The Hall–Kier alpha value is -3.58. The lowest BCUT2D eigenvalue weighted by atomic mass is 10.2. The Morgan fingerprint density at radius 1 is 1.03 bits per heavy atom. The van der Waals surface area contributed by atoms with E-state index in [4.69, 9.17) is 12.2 Å². The van der Waals surface area contributed by atoms with Crippen molar-refractivity contribution in [2.75, 3.05) is 5.32 Å². The first-order chi connectivity index (χ1) is 14.5. The van der Waals surface area contributed by atoms with Gasteiger partial charge in [0.2, 0.25) is 11.0 Å². The molecule has 150 valence electrons. The molecule has 30 heavy (non-hydrogen) atoms. The number of thiocarbonyl (C=S) groups is 1. The fourth-order valence-electron chi connectivity index (χ4n) is 3.21. The van der Waals surface area contributed by atoms with Crippen LogP contribution in [-0.2, 0) is 6.54 Å². The fraction of sp³-hybridized carbons (Fsp3) is 0.0870. The van der Waals surface area contributed by atoms with Crippen LogP contribution in [0.5, 0.6) is 5.88 Å². The molecule has 0 saturated heterocycles. The van der Waals surface area contributed by atoms with Gasteiger partial charge in [-0.05, 0) is 43.4 Å². The Morgan fingerprint density at radius 3 is 2.50 bits per heavy atom. The molecule has 2 N–H and O–H groups in total. The maximum atomic E-state index is 14.1. The normalized spacial score (nSPS) is 11.3. The lowest BCUT2D eigenvalue weighted by molar-refractivity contribution is 0.428. The predicted molar refractivity (Wildman–Crippen MR) is 121 cm³/mol. The predicted octanol–water partition coefficient (Wildman–Crippen LogP) is 6.32. The molecule has 7 heteroatoms. The molecule has 4 aromatic rings. The van der Waals surface area contributed by atoms with E-state index in [0.29, 0.717) is 10.9 Å². The molecule has 0 aliphatic heterocycles. The molecule has 0 unspecified atom stereocenters. The monoisotopic (exact) mass is 418 g/mol. The minimum atomic E-state index is -0.332. The van der Waals surface area contributed by atoms with E-state index in [1.807, 2.05) is 55.5 Å². The van der Waals surface area contributed by atoms with Gasteiger partial charge >= 0.3 is 0 Å². The van der Waals surface area contributed by atoms with Crippen LogP contribution in [0.15, 0.2) is 83.0 Å². The van der Waals surface area contributed by atoms with Gasteiger partial charge in [0.15, 0.2) is 5.69 Å². The average Bonchev–Trinajstić information content (AvgIpc) is 3.01. The topological polar surface area (TPSA) is 61.9 Å². The summed E-state index contributed by atoms with van der Waals surface area (Å²) in [7, 11) is 0. The molecule has 1 heterocycles. The zero-order valence-corrected chi connectivity index (χ0v) is 17.0. The van der Waals surface area contributed by atoms with E-state index < -0.39 is 0 Å². The number of para-hydroxylation sites is 1. The van der Waals surface area contributed by atoms with E-state index >= 15 is 0 Å². The van der Waals surface area contributed by atoms with Crippen molar-refractivity contribution in [3.63, 3.8) is 0 Å². The van der Waals surface area contributed by atoms with Crippen molar-refractivity contribution < 1.29 is 9.50 Å². The summed E-state index contributed by atoms with van der Waals surface area (Å²) in [5.41, 5.74) is 3.42. The van der Waals surface area contributed by atoms with Crippen LogP contribution < -0.4 is 5.32 Å². The molecule has 0 fully saturated rings. The van der Waals surface area contributed by atoms with E-state index in [0.717, 1.165) is 16.8 Å². The Morgan fingerprint density at radius 2 is 1.73 bits per heavy atom. The van der Waals surface area contributed by atoms with Crippen molar-refractivity contribution >= 4 is 39.6 Å². The summed E-state index contributed by atoms with van der Waals surface area (Å²) in [5.74, 6) is -0.428. The first kappa shape index (κ1) is 19.7. The van der Waals surface area contributed by atoms with Gasteiger partial charge in [0.1, 0.15) is 5.82 Å². The van der Waals surface area contributed by atoms with Crippen molar-refractivity contribution in [3.05, 3.63) is 89.7 Å². The number of halogens is 1. The highest BCUT2D eigenvalue weighted by Gasteiger charge is 2.17. The Kier molecular flexibility index (Phi) is 5.54. The highest BCUT2D eigenvalue weighted by Crippen LogP contribution is 2.39. The summed E-state index contributed by atoms with van der Waals surface area (Å²) < 4.78 is 15.7. The molecule has 0 aliphatic rings. The molecule has 0 spiro atoms. The molecule has 3 aromatic carbocycles. The molecular formula is C23H19FN4OS. The van der Waals surface area contributed by atoms with Gasteiger partial charge in [-0.3, -0.25) is 0 Å². The molecular weight excluding hydrogens is 399 g/mol. The molecule has 0 radical (unpaired) electrons. The first-order valence-electron chi connectivity index (χ1n) is 9.36. The summed E-state index contributed by atoms with van der Waals surface area (Å²) in [4.78, 5) is 0. The van der Waals surface area contributed by atoms with E-state index in [9.17, 15) is 9.50 Å². The molecule has 0 amide bonds. The number of rotatable bonds is 4. The lowest BCUT2D eigenvalue weighted by Crippen LogP contribution is -2.04. The fourth-order valence-corrected chi connectivity index (χ4v) is 3.37. The Bertz CT molecular complexity index is 1250. The summed E-state index contributed by atoms with van der Waals surface area (Å²) in [6.07, 6.45) is 0. The molecule has 0 bridgehead atoms. The molecule has 0 saturated carbocycles. The van der Waals surface area contributed by atoms with Crippen LogP contribution in [0.1, 0.15) is 11.1 Å². The number of aryl methyl sites for hydroxylation is 1. The van der Waals surface area contributed by atoms with Crippen LogP contribution >= 0.6 is 12.2 Å². The largest absolute Gasteiger partial charge is 0.493 e. The van der Waals surface area contributed by atoms with Crippen molar-refractivity contribution in [2.45, 2.75) is 13.5 Å². The van der Waals surface area contributed by atoms with E-state index in [2.05, 4.69) is 15.5 Å². The Balaban J connectivity index is 1.65. The highest BCUT2D eigenvalue weighted by atomic mass is 32.1. The number of azo groups is 1. The van der Waals surface area contributed by atoms with Crippen molar-refractivity contribution in [1.82, 2.24) is 4.57 Å². The number of anilines is 1. The number of hydrogen-bond acceptors (Lipinski definition) is 3. The smallest absolute Gasteiger partial charge is 0.221 e. The zero-order valence-electron chi connectivity index (χ0n) is 16.2. The quantitative estimate of drug-likeness (QED) is 0.301. The minimum absolute atomic E-state index is 0.0960. The number of nitrogens with one attached hydrogen (secondary N) is 1. The van der Waals surface area contributed by atoms with Gasteiger partial charge in [-0.1, -0.05) is 54.1 Å². The van der Waals surface area contributed by atoms with Crippen LogP contribution in [0.25, 0.3) is 10.9 Å².